The highest BCUT2D eigenvalue weighted by molar-refractivity contribution is 6.01. The van der Waals surface area contributed by atoms with Gasteiger partial charge in [0, 0.05) is 12.6 Å². The number of carbonyl (C=O) groups is 1. The summed E-state index contributed by atoms with van der Waals surface area (Å²) >= 11 is 0. The summed E-state index contributed by atoms with van der Waals surface area (Å²) in [6.07, 6.45) is 2.32. The molecule has 1 aliphatic rings. The van der Waals surface area contributed by atoms with E-state index in [0.717, 1.165) is 47.3 Å². The molecule has 0 bridgehead atoms. The molecule has 1 aliphatic heterocycles. The van der Waals surface area contributed by atoms with Crippen molar-refractivity contribution in [3.05, 3.63) is 59.0 Å². The smallest absolute Gasteiger partial charge is 0.255 e. The van der Waals surface area contributed by atoms with Crippen molar-refractivity contribution in [3.8, 4) is 5.75 Å². The third-order valence-corrected chi connectivity index (χ3v) is 6.05. The molecule has 2 aromatic carbocycles. The third-order valence-electron chi connectivity index (χ3n) is 6.05. The lowest BCUT2D eigenvalue weighted by molar-refractivity contribution is 0.0937. The normalized spacial score (nSPS) is 16.8. The van der Waals surface area contributed by atoms with Crippen molar-refractivity contribution in [2.24, 2.45) is 0 Å². The lowest BCUT2D eigenvalue weighted by Crippen LogP contribution is -2.40. The predicted octanol–water partition coefficient (Wildman–Crippen LogP) is 4.24. The van der Waals surface area contributed by atoms with E-state index in [1.54, 1.807) is 0 Å². The number of amides is 1. The number of aryl methyl sites for hydroxylation is 2. The number of nitrogens with zero attached hydrogens (tertiary/aromatic N) is 2. The van der Waals surface area contributed by atoms with Crippen molar-refractivity contribution < 1.29 is 14.1 Å². The number of likely N-dealkylation sites (N-methyl/N-ethyl adjacent to an activating group) is 1. The minimum atomic E-state index is -0.0996. The van der Waals surface area contributed by atoms with Crippen LogP contribution in [0.2, 0.25) is 0 Å². The van der Waals surface area contributed by atoms with Gasteiger partial charge in [-0.15, -0.1) is 0 Å². The topological polar surface area (TPSA) is 67.6 Å². The number of likely N-dealkylation sites (tertiary alicyclic amines) is 1. The van der Waals surface area contributed by atoms with Crippen molar-refractivity contribution in [1.29, 1.82) is 0 Å². The molecule has 1 N–H and O–H groups in total. The average Bonchev–Trinajstić information content (AvgIpc) is 3.35. The Kier molecular flexibility index (Phi) is 6.04. The zero-order chi connectivity index (χ0) is 21.1. The van der Waals surface area contributed by atoms with Gasteiger partial charge in [0.25, 0.3) is 5.91 Å². The summed E-state index contributed by atoms with van der Waals surface area (Å²) in [6, 6.07) is 12.3. The van der Waals surface area contributed by atoms with Crippen LogP contribution in [0.3, 0.4) is 0 Å². The first-order chi connectivity index (χ1) is 14.6. The van der Waals surface area contributed by atoms with Gasteiger partial charge in [-0.1, -0.05) is 36.3 Å². The maximum atomic E-state index is 13.1. The first-order valence-electron chi connectivity index (χ1n) is 10.7. The number of aromatic nitrogens is 1. The van der Waals surface area contributed by atoms with Gasteiger partial charge in [-0.25, -0.2) is 0 Å². The Morgan fingerprint density at radius 3 is 2.73 bits per heavy atom. The van der Waals surface area contributed by atoms with Crippen LogP contribution in [0.25, 0.3) is 10.8 Å². The lowest BCUT2D eigenvalue weighted by Gasteiger charge is -2.23. The average molecular weight is 408 g/mol. The van der Waals surface area contributed by atoms with Gasteiger partial charge in [-0.3, -0.25) is 9.69 Å². The van der Waals surface area contributed by atoms with Crippen molar-refractivity contribution >= 4 is 16.7 Å². The standard InChI is InChI=1S/C24H29N3O3/c1-4-27-11-7-10-20(27)14-25-24(28)21-12-18-8-5-6-9-19(18)13-23(21)29-15-22-16(2)26-30-17(22)3/h5-6,8-9,12-13,20H,4,7,10-11,14-15H2,1-3H3,(H,25,28). The Labute approximate surface area is 177 Å². The Hall–Kier alpha value is -2.86. The van der Waals surface area contributed by atoms with Gasteiger partial charge < -0.3 is 14.6 Å². The van der Waals surface area contributed by atoms with Gasteiger partial charge in [-0.05, 0) is 62.7 Å². The summed E-state index contributed by atoms with van der Waals surface area (Å²) in [7, 11) is 0. The van der Waals surface area contributed by atoms with E-state index in [4.69, 9.17) is 9.26 Å². The predicted molar refractivity (Wildman–Crippen MR) is 117 cm³/mol. The van der Waals surface area contributed by atoms with Gasteiger partial charge in [0.2, 0.25) is 0 Å². The highest BCUT2D eigenvalue weighted by atomic mass is 16.5. The van der Waals surface area contributed by atoms with Crippen LogP contribution in [-0.2, 0) is 6.61 Å². The molecule has 30 heavy (non-hydrogen) atoms. The van der Waals surface area contributed by atoms with Crippen LogP contribution >= 0.6 is 0 Å². The third kappa shape index (κ3) is 4.19. The molecule has 1 amide bonds. The Bertz CT molecular complexity index is 1020. The molecule has 1 unspecified atom stereocenters. The van der Waals surface area contributed by atoms with Crippen LogP contribution < -0.4 is 10.1 Å². The van der Waals surface area contributed by atoms with Crippen molar-refractivity contribution in [2.45, 2.75) is 46.3 Å². The van der Waals surface area contributed by atoms with Gasteiger partial charge in [0.1, 0.15) is 18.1 Å². The molecule has 0 spiro atoms. The van der Waals surface area contributed by atoms with E-state index >= 15 is 0 Å². The van der Waals surface area contributed by atoms with E-state index in [0.29, 0.717) is 30.5 Å². The van der Waals surface area contributed by atoms with Crippen molar-refractivity contribution in [2.75, 3.05) is 19.6 Å². The molecular formula is C24H29N3O3. The molecule has 0 radical (unpaired) electrons. The number of benzene rings is 2. The number of carbonyl (C=O) groups excluding carboxylic acids is 1. The largest absolute Gasteiger partial charge is 0.488 e. The van der Waals surface area contributed by atoms with E-state index < -0.39 is 0 Å². The van der Waals surface area contributed by atoms with Crippen molar-refractivity contribution in [3.63, 3.8) is 0 Å². The molecule has 1 saturated heterocycles. The number of ether oxygens (including phenoxy) is 1. The van der Waals surface area contributed by atoms with Crippen LogP contribution in [0, 0.1) is 13.8 Å². The maximum Gasteiger partial charge on any atom is 0.255 e. The second-order valence-corrected chi connectivity index (χ2v) is 7.92. The van der Waals surface area contributed by atoms with Crippen LogP contribution in [0.4, 0.5) is 0 Å². The number of nitrogens with one attached hydrogen (secondary N) is 1. The van der Waals surface area contributed by atoms with Gasteiger partial charge in [-0.2, -0.15) is 0 Å². The van der Waals surface area contributed by atoms with Crippen LogP contribution in [-0.4, -0.2) is 41.6 Å². The molecule has 1 aromatic heterocycles. The summed E-state index contributed by atoms with van der Waals surface area (Å²) in [6.45, 7) is 9.03. The zero-order valence-electron chi connectivity index (χ0n) is 17.9. The molecule has 0 saturated carbocycles. The monoisotopic (exact) mass is 407 g/mol. The summed E-state index contributed by atoms with van der Waals surface area (Å²) in [5, 5.41) is 9.18. The van der Waals surface area contributed by atoms with Crippen molar-refractivity contribution in [1.82, 2.24) is 15.4 Å². The fraction of sp³-hybridized carbons (Fsp3) is 0.417. The van der Waals surface area contributed by atoms with Crippen LogP contribution in [0.15, 0.2) is 40.9 Å². The Morgan fingerprint density at radius 1 is 1.27 bits per heavy atom. The van der Waals surface area contributed by atoms with E-state index in [1.165, 1.54) is 6.42 Å². The van der Waals surface area contributed by atoms with E-state index in [-0.39, 0.29) is 5.91 Å². The maximum absolute atomic E-state index is 13.1. The van der Waals surface area contributed by atoms with Gasteiger partial charge in [0.15, 0.2) is 0 Å². The fourth-order valence-electron chi connectivity index (χ4n) is 4.22. The van der Waals surface area contributed by atoms with Crippen LogP contribution in [0.1, 0.15) is 47.1 Å². The molecule has 6 heteroatoms. The SMILES string of the molecule is CCN1CCCC1CNC(=O)c1cc2ccccc2cc1OCc1c(C)noc1C. The number of hydrogen-bond acceptors (Lipinski definition) is 5. The first kappa shape index (κ1) is 20.4. The van der Waals surface area contributed by atoms with E-state index in [9.17, 15) is 4.79 Å². The molecule has 6 nitrogen and oxygen atoms in total. The minimum Gasteiger partial charge on any atom is -0.488 e. The van der Waals surface area contributed by atoms with Gasteiger partial charge >= 0.3 is 0 Å². The number of fused-ring (bicyclic) bond motifs is 1. The second-order valence-electron chi connectivity index (χ2n) is 7.92. The molecule has 158 valence electrons. The minimum absolute atomic E-state index is 0.0996. The fourth-order valence-corrected chi connectivity index (χ4v) is 4.22. The Balaban J connectivity index is 1.57. The Morgan fingerprint density at radius 2 is 2.03 bits per heavy atom. The molecule has 1 fully saturated rings. The molecule has 3 aromatic rings. The molecule has 4 rings (SSSR count). The zero-order valence-corrected chi connectivity index (χ0v) is 17.9. The molecule has 0 aliphatic carbocycles. The lowest BCUT2D eigenvalue weighted by atomic mass is 10.0. The number of rotatable bonds is 7. The highest BCUT2D eigenvalue weighted by Gasteiger charge is 2.24. The summed E-state index contributed by atoms with van der Waals surface area (Å²) in [4.78, 5) is 15.5. The van der Waals surface area contributed by atoms with Crippen LogP contribution in [0.5, 0.6) is 5.75 Å². The number of hydrogen-bond donors (Lipinski definition) is 1. The van der Waals surface area contributed by atoms with E-state index in [2.05, 4.69) is 22.3 Å². The molecule has 1 atom stereocenters. The van der Waals surface area contributed by atoms with Gasteiger partial charge in [0.05, 0.1) is 16.8 Å². The summed E-state index contributed by atoms with van der Waals surface area (Å²) in [5.41, 5.74) is 2.28. The summed E-state index contributed by atoms with van der Waals surface area (Å²) in [5.74, 6) is 1.21. The second kappa shape index (κ2) is 8.88. The van der Waals surface area contributed by atoms with E-state index in [1.807, 2.05) is 50.2 Å². The quantitative estimate of drug-likeness (QED) is 0.635. The first-order valence-corrected chi connectivity index (χ1v) is 10.7. The molecular weight excluding hydrogens is 378 g/mol. The highest BCUT2D eigenvalue weighted by Crippen LogP contribution is 2.28. The molecule has 2 heterocycles. The summed E-state index contributed by atoms with van der Waals surface area (Å²) < 4.78 is 11.3.